The first-order chi connectivity index (χ1) is 27.1. The molecule has 9 heteroatoms. The first kappa shape index (κ1) is 43.7. The number of rotatable bonds is 8. The predicted molar refractivity (Wildman–Crippen MR) is 221 cm³/mol. The van der Waals surface area contributed by atoms with Crippen LogP contribution in [0, 0.1) is 40.4 Å². The molecule has 8 aromatic carbocycles. The summed E-state index contributed by atoms with van der Waals surface area (Å²) in [5.74, 6) is -3.16. The molecule has 0 saturated heterocycles. The van der Waals surface area contributed by atoms with E-state index in [1.54, 1.807) is 0 Å². The monoisotopic (exact) mass is 896 g/mol. The molecule has 8 aromatic rings. The van der Waals surface area contributed by atoms with E-state index in [-0.39, 0.29) is 66.1 Å². The second kappa shape index (κ2) is 21.9. The molecule has 0 unspecified atom stereocenters. The van der Waals surface area contributed by atoms with Gasteiger partial charge in [0.05, 0.1) is 25.7 Å². The van der Waals surface area contributed by atoms with Crippen LogP contribution in [0.15, 0.2) is 170 Å². The van der Waals surface area contributed by atoms with E-state index >= 15 is 0 Å². The number of hydrogen-bond acceptors (Lipinski definition) is 4. The van der Waals surface area contributed by atoms with E-state index in [9.17, 15) is 19.2 Å². The van der Waals surface area contributed by atoms with E-state index in [1.807, 2.05) is 170 Å². The van der Waals surface area contributed by atoms with Gasteiger partial charge in [0.25, 0.3) is 0 Å². The maximum atomic E-state index is 10.6. The van der Waals surface area contributed by atoms with Crippen LogP contribution in [0.2, 0.25) is 0 Å². The fourth-order valence-corrected chi connectivity index (χ4v) is 6.44. The van der Waals surface area contributed by atoms with Crippen LogP contribution in [0.5, 0.6) is 0 Å². The van der Waals surface area contributed by atoms with E-state index in [1.165, 1.54) is 0 Å². The Balaban J connectivity index is 0.000000167. The van der Waals surface area contributed by atoms with Gasteiger partial charge in [-0.3, -0.25) is 19.2 Å². The number of carboxylic acid groups (broad SMARTS) is 4. The van der Waals surface area contributed by atoms with E-state index in [0.29, 0.717) is 0 Å². The molecule has 286 valence electrons. The molecule has 0 fully saturated rings. The second-order valence-electron chi connectivity index (χ2n) is 12.8. The molecule has 4 N–H and O–H groups in total. The summed E-state index contributed by atoms with van der Waals surface area (Å²) >= 11 is 0. The molecular weight excluding hydrogens is 855 g/mol. The molecule has 0 saturated carbocycles. The third-order valence-electron chi connectivity index (χ3n) is 8.89. The first-order valence-corrected chi connectivity index (χ1v) is 17.8. The zero-order chi connectivity index (χ0) is 39.9. The van der Waals surface area contributed by atoms with Crippen LogP contribution in [-0.2, 0) is 44.9 Å². The number of hydrogen-bond donors (Lipinski definition) is 4. The molecule has 8 nitrogen and oxygen atoms in total. The molecule has 57 heavy (non-hydrogen) atoms. The van der Waals surface area contributed by atoms with Crippen molar-refractivity contribution in [3.63, 3.8) is 0 Å². The van der Waals surface area contributed by atoms with Crippen LogP contribution >= 0.6 is 0 Å². The van der Waals surface area contributed by atoms with Gasteiger partial charge in [-0.1, -0.05) is 170 Å². The Kier molecular flexibility index (Phi) is 16.8. The average molecular weight is 895 g/mol. The summed E-state index contributed by atoms with van der Waals surface area (Å²) in [6, 6.07) is 54.2. The quantitative estimate of drug-likeness (QED) is 0.118. The van der Waals surface area contributed by atoms with Crippen molar-refractivity contribution in [1.29, 1.82) is 0 Å². The summed E-state index contributed by atoms with van der Waals surface area (Å²) in [5.41, 5.74) is 3.48. The van der Waals surface area contributed by atoms with Crippen LogP contribution in [0.3, 0.4) is 0 Å². The van der Waals surface area contributed by atoms with E-state index in [2.05, 4.69) is 0 Å². The van der Waals surface area contributed by atoms with Gasteiger partial charge in [0.1, 0.15) is 0 Å². The number of benzene rings is 8. The van der Waals surface area contributed by atoms with Crippen LogP contribution in [0.1, 0.15) is 22.3 Å². The van der Waals surface area contributed by atoms with Crippen LogP contribution in [0.25, 0.3) is 43.1 Å². The van der Waals surface area contributed by atoms with E-state index < -0.39 is 23.9 Å². The van der Waals surface area contributed by atoms with Gasteiger partial charge in [0.15, 0.2) is 0 Å². The fraction of sp³-hybridized carbons (Fsp3) is 0.0833. The Hall–Kier alpha value is -5.98. The summed E-state index contributed by atoms with van der Waals surface area (Å²) < 4.78 is 0. The molecule has 0 radical (unpaired) electrons. The maximum Gasteiger partial charge on any atom is 0.307 e. The molecule has 0 amide bonds. The zero-order valence-corrected chi connectivity index (χ0v) is 33.4. The molecule has 0 bridgehead atoms. The zero-order valence-electron chi connectivity index (χ0n) is 30.8. The van der Waals surface area contributed by atoms with E-state index in [0.717, 1.165) is 65.3 Å². The Labute approximate surface area is 362 Å². The average Bonchev–Trinajstić information content (AvgIpc) is 3.19. The van der Waals surface area contributed by atoms with Crippen molar-refractivity contribution in [2.75, 3.05) is 0 Å². The van der Waals surface area contributed by atoms with Crippen molar-refractivity contribution in [3.05, 3.63) is 192 Å². The Bertz CT molecular complexity index is 2250. The molecule has 0 spiro atoms. The Morgan fingerprint density at radius 1 is 0.281 bits per heavy atom. The minimum atomic E-state index is -0.790. The van der Waals surface area contributed by atoms with Gasteiger partial charge in [-0.2, -0.15) is 0 Å². The summed E-state index contributed by atoms with van der Waals surface area (Å²) in [7, 11) is 0. The molecular formula is C48H40O8Sm. The normalized spacial score (nSPS) is 10.1. The number of carbonyl (C=O) groups is 4. The maximum absolute atomic E-state index is 10.6. The van der Waals surface area contributed by atoms with Crippen LogP contribution < -0.4 is 0 Å². The minimum absolute atomic E-state index is 0. The van der Waals surface area contributed by atoms with Gasteiger partial charge >= 0.3 is 23.9 Å². The van der Waals surface area contributed by atoms with Crippen LogP contribution in [0.4, 0.5) is 0 Å². The van der Waals surface area contributed by atoms with Gasteiger partial charge in [0.2, 0.25) is 0 Å². The largest absolute Gasteiger partial charge is 0.481 e. The number of carboxylic acids is 4. The summed E-state index contributed by atoms with van der Waals surface area (Å²) in [6.45, 7) is 0. The van der Waals surface area contributed by atoms with Crippen LogP contribution in [-0.4, -0.2) is 44.3 Å². The molecule has 0 aliphatic heterocycles. The fourth-order valence-electron chi connectivity index (χ4n) is 6.44. The summed E-state index contributed by atoms with van der Waals surface area (Å²) in [6.07, 6.45) is 0.339. The molecule has 8 rings (SSSR count). The summed E-state index contributed by atoms with van der Waals surface area (Å²) in [5, 5.41) is 43.4. The van der Waals surface area contributed by atoms with E-state index in [4.69, 9.17) is 20.4 Å². The third kappa shape index (κ3) is 13.0. The second-order valence-corrected chi connectivity index (χ2v) is 12.8. The van der Waals surface area contributed by atoms with Gasteiger partial charge < -0.3 is 20.4 Å². The molecule has 0 heterocycles. The molecule has 0 aliphatic rings. The summed E-state index contributed by atoms with van der Waals surface area (Å²) in [4.78, 5) is 42.4. The Morgan fingerprint density at radius 2 is 0.456 bits per heavy atom. The first-order valence-electron chi connectivity index (χ1n) is 17.8. The third-order valence-corrected chi connectivity index (χ3v) is 8.89. The van der Waals surface area contributed by atoms with Crippen molar-refractivity contribution in [2.24, 2.45) is 0 Å². The van der Waals surface area contributed by atoms with Crippen molar-refractivity contribution >= 4 is 67.0 Å². The van der Waals surface area contributed by atoms with Gasteiger partial charge in [-0.05, 0) is 65.3 Å². The topological polar surface area (TPSA) is 149 Å². The Morgan fingerprint density at radius 3 is 0.649 bits per heavy atom. The van der Waals surface area contributed by atoms with Gasteiger partial charge in [-0.15, -0.1) is 0 Å². The molecule has 0 aliphatic carbocycles. The van der Waals surface area contributed by atoms with Gasteiger partial charge in [0, 0.05) is 40.4 Å². The predicted octanol–water partition coefficient (Wildman–Crippen LogP) is 9.87. The van der Waals surface area contributed by atoms with Crippen molar-refractivity contribution in [2.45, 2.75) is 25.7 Å². The number of aliphatic carboxylic acids is 4. The van der Waals surface area contributed by atoms with Crippen molar-refractivity contribution in [3.8, 4) is 0 Å². The molecule has 0 atom stereocenters. The van der Waals surface area contributed by atoms with Crippen molar-refractivity contribution in [1.82, 2.24) is 0 Å². The van der Waals surface area contributed by atoms with Crippen molar-refractivity contribution < 1.29 is 80.0 Å². The van der Waals surface area contributed by atoms with Gasteiger partial charge in [-0.25, -0.2) is 0 Å². The minimum Gasteiger partial charge on any atom is -0.481 e. The standard InChI is InChI=1S/4C12H10O2.Sm/c4*13-12(14)8-10-6-3-5-9-4-1-2-7-11(9)10;/h4*1-7H,8H2,(H,13,14);. The smallest absolute Gasteiger partial charge is 0.307 e. The SMILES string of the molecule is O=C(O)Cc1cccc2ccccc12.O=C(O)Cc1cccc2ccccc12.O=C(O)Cc1cccc2ccccc12.O=C(O)Cc1cccc2ccccc12.[Sm]. The number of fused-ring (bicyclic) bond motifs is 4. The molecule has 0 aromatic heterocycles.